The summed E-state index contributed by atoms with van der Waals surface area (Å²) in [6.45, 7) is 1.85. The highest BCUT2D eigenvalue weighted by Gasteiger charge is 2.20. The number of hydrogen-bond acceptors (Lipinski definition) is 6. The summed E-state index contributed by atoms with van der Waals surface area (Å²) in [5.74, 6) is -0.673. The minimum Gasteiger partial charge on any atom is -0.486 e. The zero-order valence-electron chi connectivity index (χ0n) is 19.5. The van der Waals surface area contributed by atoms with E-state index in [9.17, 15) is 8.78 Å². The van der Waals surface area contributed by atoms with Crippen LogP contribution in [0.5, 0.6) is 5.75 Å². The normalized spacial score (nSPS) is 13.6. The van der Waals surface area contributed by atoms with Crippen LogP contribution < -0.4 is 4.74 Å². The van der Waals surface area contributed by atoms with Gasteiger partial charge in [0.15, 0.2) is 0 Å². The van der Waals surface area contributed by atoms with Gasteiger partial charge in [0.25, 0.3) is 0 Å². The molecule has 1 aliphatic heterocycles. The maximum absolute atomic E-state index is 14.2. The Morgan fingerprint density at radius 3 is 2.78 bits per heavy atom. The minimum absolute atomic E-state index is 0.132. The van der Waals surface area contributed by atoms with Crippen LogP contribution in [-0.2, 0) is 19.6 Å². The lowest BCUT2D eigenvalue weighted by Gasteiger charge is -2.25. The summed E-state index contributed by atoms with van der Waals surface area (Å²) in [6.07, 6.45) is 2.50. The Balaban J connectivity index is 1.39. The van der Waals surface area contributed by atoms with Gasteiger partial charge in [-0.3, -0.25) is 4.98 Å². The van der Waals surface area contributed by atoms with E-state index >= 15 is 0 Å². The first kappa shape index (κ1) is 22.7. The number of ether oxygens (including phenoxy) is 1. The number of aromatic nitrogens is 3. The number of benzene rings is 2. The third kappa shape index (κ3) is 4.23. The Morgan fingerprint density at radius 1 is 1.00 bits per heavy atom. The number of nitrogens with zero attached hydrogens (tertiary/aromatic N) is 4. The second kappa shape index (κ2) is 9.37. The molecule has 5 nitrogen and oxygen atoms in total. The van der Waals surface area contributed by atoms with Crippen molar-refractivity contribution in [2.24, 2.45) is 0 Å². The van der Waals surface area contributed by atoms with Gasteiger partial charge in [-0.1, -0.05) is 12.1 Å². The molecule has 4 heterocycles. The van der Waals surface area contributed by atoms with Crippen LogP contribution in [-0.4, -0.2) is 33.7 Å². The predicted molar refractivity (Wildman–Crippen MR) is 137 cm³/mol. The molecule has 0 saturated carbocycles. The summed E-state index contributed by atoms with van der Waals surface area (Å²) < 4.78 is 35.0. The third-order valence-electron chi connectivity index (χ3n) is 6.47. The smallest absolute Gasteiger partial charge is 0.148 e. The average Bonchev–Trinajstić information content (AvgIpc) is 3.38. The fraction of sp³-hybridized carbons (Fsp3) is 0.179. The maximum atomic E-state index is 14.2. The molecular formula is C28H22F2N4OS. The second-order valence-electron chi connectivity index (χ2n) is 8.89. The summed E-state index contributed by atoms with van der Waals surface area (Å²) in [5.41, 5.74) is 5.87. The van der Waals surface area contributed by atoms with Crippen molar-refractivity contribution in [2.45, 2.75) is 19.6 Å². The molecule has 0 unspecified atom stereocenters. The zero-order chi connectivity index (χ0) is 24.6. The number of thiophene rings is 1. The topological polar surface area (TPSA) is 51.1 Å². The standard InChI is InChI=1S/C28H22F2N4OS/c1-34-11-8-17-13-18(4-5-19(17)15-34)26-22-9-12-36-28(22)27(33-32-26)21-7-6-20(29)14-25(21)35-16-24-23(30)3-2-10-31-24/h2-7,9-10,12-14H,8,11,15-16H2,1H3. The van der Waals surface area contributed by atoms with Gasteiger partial charge >= 0.3 is 0 Å². The van der Waals surface area contributed by atoms with Crippen molar-refractivity contribution in [1.82, 2.24) is 20.1 Å². The Hall–Kier alpha value is -3.75. The Kier molecular flexibility index (Phi) is 5.91. The molecule has 6 rings (SSSR count). The predicted octanol–water partition coefficient (Wildman–Crippen LogP) is 6.27. The van der Waals surface area contributed by atoms with E-state index in [1.54, 1.807) is 17.4 Å². The van der Waals surface area contributed by atoms with Crippen molar-refractivity contribution < 1.29 is 13.5 Å². The lowest BCUT2D eigenvalue weighted by atomic mass is 9.95. The molecule has 0 bridgehead atoms. The number of fused-ring (bicyclic) bond motifs is 2. The fourth-order valence-electron chi connectivity index (χ4n) is 4.59. The molecule has 8 heteroatoms. The van der Waals surface area contributed by atoms with Crippen molar-refractivity contribution in [3.8, 4) is 28.3 Å². The lowest BCUT2D eigenvalue weighted by molar-refractivity contribution is 0.294. The number of hydrogen-bond donors (Lipinski definition) is 0. The largest absolute Gasteiger partial charge is 0.486 e. The Bertz CT molecular complexity index is 1590. The van der Waals surface area contributed by atoms with Gasteiger partial charge in [-0.05, 0) is 66.4 Å². The monoisotopic (exact) mass is 500 g/mol. The molecular weight excluding hydrogens is 478 g/mol. The van der Waals surface area contributed by atoms with Gasteiger partial charge in [0.1, 0.15) is 41.1 Å². The molecule has 0 atom stereocenters. The first-order valence-corrected chi connectivity index (χ1v) is 12.5. The van der Waals surface area contributed by atoms with Crippen LogP contribution in [0, 0.1) is 11.6 Å². The van der Waals surface area contributed by atoms with E-state index in [0.717, 1.165) is 40.9 Å². The van der Waals surface area contributed by atoms with Crippen molar-refractivity contribution in [3.63, 3.8) is 0 Å². The molecule has 2 aromatic carbocycles. The minimum atomic E-state index is -0.475. The third-order valence-corrected chi connectivity index (χ3v) is 7.39. The first-order chi connectivity index (χ1) is 17.6. The molecule has 0 amide bonds. The first-order valence-electron chi connectivity index (χ1n) is 11.6. The molecule has 180 valence electrons. The molecule has 0 aliphatic carbocycles. The van der Waals surface area contributed by atoms with Crippen LogP contribution in [0.4, 0.5) is 8.78 Å². The Morgan fingerprint density at radius 2 is 1.89 bits per heavy atom. The highest BCUT2D eigenvalue weighted by Crippen LogP contribution is 2.40. The van der Waals surface area contributed by atoms with Crippen LogP contribution in [0.1, 0.15) is 16.8 Å². The molecule has 0 radical (unpaired) electrons. The van der Waals surface area contributed by atoms with E-state index in [-0.39, 0.29) is 18.1 Å². The molecule has 0 spiro atoms. The van der Waals surface area contributed by atoms with Gasteiger partial charge in [-0.15, -0.1) is 21.5 Å². The van der Waals surface area contributed by atoms with E-state index in [2.05, 4.69) is 45.3 Å². The van der Waals surface area contributed by atoms with Crippen LogP contribution in [0.15, 0.2) is 66.2 Å². The van der Waals surface area contributed by atoms with E-state index in [1.807, 2.05) is 11.4 Å². The molecule has 0 fully saturated rings. The van der Waals surface area contributed by atoms with E-state index in [1.165, 1.54) is 41.6 Å². The van der Waals surface area contributed by atoms with Gasteiger partial charge in [-0.25, -0.2) is 8.78 Å². The maximum Gasteiger partial charge on any atom is 0.148 e. The molecule has 3 aromatic heterocycles. The van der Waals surface area contributed by atoms with Crippen LogP contribution in [0.25, 0.3) is 32.6 Å². The van der Waals surface area contributed by atoms with E-state index in [4.69, 9.17) is 4.74 Å². The summed E-state index contributed by atoms with van der Waals surface area (Å²) in [5, 5.41) is 12.2. The fourth-order valence-corrected chi connectivity index (χ4v) is 5.49. The summed E-state index contributed by atoms with van der Waals surface area (Å²) >= 11 is 1.55. The van der Waals surface area contributed by atoms with Crippen LogP contribution in [0.2, 0.25) is 0 Å². The average molecular weight is 501 g/mol. The Labute approximate surface area is 211 Å². The molecule has 36 heavy (non-hydrogen) atoms. The summed E-state index contributed by atoms with van der Waals surface area (Å²) in [7, 11) is 2.14. The van der Waals surface area contributed by atoms with E-state index < -0.39 is 11.6 Å². The quantitative estimate of drug-likeness (QED) is 0.285. The lowest BCUT2D eigenvalue weighted by Crippen LogP contribution is -2.26. The summed E-state index contributed by atoms with van der Waals surface area (Å²) in [6, 6.07) is 15.6. The van der Waals surface area contributed by atoms with Crippen LogP contribution in [0.3, 0.4) is 0 Å². The number of halogens is 2. The highest BCUT2D eigenvalue weighted by molar-refractivity contribution is 7.17. The number of rotatable bonds is 5. The molecule has 0 saturated heterocycles. The molecule has 0 N–H and O–H groups in total. The van der Waals surface area contributed by atoms with Gasteiger partial charge in [0.2, 0.25) is 0 Å². The van der Waals surface area contributed by atoms with Gasteiger partial charge in [0.05, 0.1) is 4.70 Å². The van der Waals surface area contributed by atoms with Crippen molar-refractivity contribution in [1.29, 1.82) is 0 Å². The van der Waals surface area contributed by atoms with Crippen molar-refractivity contribution in [3.05, 3.63) is 94.6 Å². The van der Waals surface area contributed by atoms with Crippen molar-refractivity contribution >= 4 is 21.4 Å². The second-order valence-corrected chi connectivity index (χ2v) is 9.81. The SMILES string of the molecule is CN1CCc2cc(-c3nnc(-c4ccc(F)cc4OCc4ncccc4F)c4sccc34)ccc2C1. The van der Waals surface area contributed by atoms with Gasteiger partial charge in [0, 0.05) is 41.9 Å². The number of likely N-dealkylation sites (N-methyl/N-ethyl adjacent to an activating group) is 1. The number of pyridine rings is 1. The van der Waals surface area contributed by atoms with E-state index in [0.29, 0.717) is 11.3 Å². The van der Waals surface area contributed by atoms with Gasteiger partial charge < -0.3 is 9.64 Å². The zero-order valence-corrected chi connectivity index (χ0v) is 20.4. The molecule has 5 aromatic rings. The van der Waals surface area contributed by atoms with Crippen molar-refractivity contribution in [2.75, 3.05) is 13.6 Å². The van der Waals surface area contributed by atoms with Gasteiger partial charge in [-0.2, -0.15) is 0 Å². The molecule has 1 aliphatic rings. The van der Waals surface area contributed by atoms with Crippen LogP contribution >= 0.6 is 11.3 Å². The highest BCUT2D eigenvalue weighted by atomic mass is 32.1. The summed E-state index contributed by atoms with van der Waals surface area (Å²) in [4.78, 5) is 6.34.